The zero-order chi connectivity index (χ0) is 48.3. The van der Waals surface area contributed by atoms with Gasteiger partial charge in [0.25, 0.3) is 0 Å². The quantitative estimate of drug-likeness (QED) is 0.0275. The molecule has 0 N–H and O–H groups in total. The summed E-state index contributed by atoms with van der Waals surface area (Å²) in [6.07, 6.45) is 49.9. The van der Waals surface area contributed by atoms with Gasteiger partial charge in [-0.3, -0.25) is 0 Å². The Labute approximate surface area is 426 Å². The Morgan fingerprint density at radius 1 is 0.403 bits per heavy atom. The molecule has 1 aliphatic heterocycles. The van der Waals surface area contributed by atoms with Crippen molar-refractivity contribution in [2.45, 2.75) is 295 Å². The molecule has 2 aromatic carbocycles. The normalized spacial score (nSPS) is 12.5. The van der Waals surface area contributed by atoms with Crippen LogP contribution < -0.4 is 0 Å². The van der Waals surface area contributed by atoms with Crippen LogP contribution in [0, 0.1) is 11.8 Å². The SMILES string of the molecule is CCCCCCCCCCCCCCCCCCCCCCCCC#CC1=C(c2cccc(CCCCC)c2)[N+](=[N-])C(c2cccc(CCCCC)c2)=C1CCCCCCCC.C[CH2][Pd][CH2]C. The number of hydrogen-bond donors (Lipinski definition) is 0. The van der Waals surface area contributed by atoms with Gasteiger partial charge in [-0.25, -0.2) is 4.70 Å². The van der Waals surface area contributed by atoms with Crippen molar-refractivity contribution in [1.82, 2.24) is 0 Å². The van der Waals surface area contributed by atoms with Gasteiger partial charge in [-0.05, 0) is 80.3 Å². The van der Waals surface area contributed by atoms with Crippen molar-refractivity contribution >= 4 is 11.4 Å². The van der Waals surface area contributed by atoms with Crippen molar-refractivity contribution in [3.8, 4) is 11.8 Å². The number of benzene rings is 2. The minimum absolute atomic E-state index is 0.885. The first-order valence-corrected chi connectivity index (χ1v) is 31.3. The van der Waals surface area contributed by atoms with Gasteiger partial charge in [0.2, 0.25) is 11.4 Å². The van der Waals surface area contributed by atoms with Crippen LogP contribution in [0.5, 0.6) is 0 Å². The Morgan fingerprint density at radius 3 is 1.13 bits per heavy atom. The van der Waals surface area contributed by atoms with E-state index in [9.17, 15) is 5.53 Å². The summed E-state index contributed by atoms with van der Waals surface area (Å²) in [5.41, 5.74) is 21.4. The topological polar surface area (TPSA) is 25.3 Å². The number of nitrogens with zero attached hydrogens (tertiary/aromatic N) is 2. The maximum absolute atomic E-state index is 12.3. The molecule has 3 rings (SSSR count). The van der Waals surface area contributed by atoms with Gasteiger partial charge in [0, 0.05) is 23.1 Å². The molecule has 0 bridgehead atoms. The molecule has 382 valence electrons. The third kappa shape index (κ3) is 28.9. The van der Waals surface area contributed by atoms with Gasteiger partial charge < -0.3 is 5.53 Å². The van der Waals surface area contributed by atoms with Gasteiger partial charge in [-0.2, -0.15) is 0 Å². The summed E-state index contributed by atoms with van der Waals surface area (Å²) in [4.78, 5) is 2.79. The van der Waals surface area contributed by atoms with Crippen molar-refractivity contribution in [3.63, 3.8) is 0 Å². The van der Waals surface area contributed by atoms with Crippen LogP contribution in [0.3, 0.4) is 0 Å². The summed E-state index contributed by atoms with van der Waals surface area (Å²) in [6.45, 7) is 13.6. The molecule has 0 aliphatic carbocycles. The van der Waals surface area contributed by atoms with E-state index in [4.69, 9.17) is 0 Å². The van der Waals surface area contributed by atoms with Gasteiger partial charge in [-0.15, -0.1) is 0 Å². The number of hydrogen-bond acceptors (Lipinski definition) is 0. The molecule has 0 atom stereocenters. The average molecular weight is 1010 g/mol. The number of unbranched alkanes of at least 4 members (excludes halogenated alkanes) is 31. The third-order valence-electron chi connectivity index (χ3n) is 13.8. The molecule has 1 heterocycles. The van der Waals surface area contributed by atoms with Gasteiger partial charge >= 0.3 is 41.6 Å². The van der Waals surface area contributed by atoms with Gasteiger partial charge in [-0.1, -0.05) is 256 Å². The predicted octanol–water partition coefficient (Wildman–Crippen LogP) is 22.0. The summed E-state index contributed by atoms with van der Waals surface area (Å²) < 4.78 is 1.53. The van der Waals surface area contributed by atoms with E-state index >= 15 is 0 Å². The predicted molar refractivity (Wildman–Crippen MR) is 295 cm³/mol. The van der Waals surface area contributed by atoms with E-state index in [1.54, 1.807) is 0 Å². The molecule has 2 nitrogen and oxygen atoms in total. The van der Waals surface area contributed by atoms with E-state index in [2.05, 4.69) is 102 Å². The van der Waals surface area contributed by atoms with Crippen LogP contribution in [0.25, 0.3) is 16.9 Å². The van der Waals surface area contributed by atoms with Gasteiger partial charge in [0.05, 0.1) is 0 Å². The first-order chi connectivity index (χ1) is 33.1. The van der Waals surface area contributed by atoms with E-state index < -0.39 is 0 Å². The Hall–Kier alpha value is -2.26. The van der Waals surface area contributed by atoms with E-state index in [0.29, 0.717) is 0 Å². The van der Waals surface area contributed by atoms with Crippen LogP contribution in [0.15, 0.2) is 59.7 Å². The van der Waals surface area contributed by atoms with Crippen LogP contribution >= 0.6 is 0 Å². The molecule has 0 amide bonds. The summed E-state index contributed by atoms with van der Waals surface area (Å²) in [5.74, 6) is 7.39. The molecular weight excluding hydrogens is 903 g/mol. The van der Waals surface area contributed by atoms with Crippen LogP contribution in [0.4, 0.5) is 0 Å². The number of aryl methyl sites for hydroxylation is 2. The second-order valence-corrected chi connectivity index (χ2v) is 22.8. The fourth-order valence-corrected chi connectivity index (χ4v) is 10.4. The molecule has 0 spiro atoms. The Bertz CT molecular complexity index is 1630. The molecule has 2 aromatic rings. The first kappa shape index (κ1) is 60.9. The molecule has 0 fully saturated rings. The zero-order valence-electron chi connectivity index (χ0n) is 45.1. The molecule has 3 heteroatoms. The maximum atomic E-state index is 12.3. The van der Waals surface area contributed by atoms with E-state index in [-0.39, 0.29) is 0 Å². The second-order valence-electron chi connectivity index (χ2n) is 19.8. The van der Waals surface area contributed by atoms with Crippen molar-refractivity contribution in [2.75, 3.05) is 0 Å². The molecule has 1 aliphatic rings. The molecule has 0 saturated heterocycles. The van der Waals surface area contributed by atoms with Crippen LogP contribution in [-0.2, 0) is 30.8 Å². The molecule has 0 radical (unpaired) electrons. The fourth-order valence-electron chi connectivity index (χ4n) is 9.67. The van der Waals surface area contributed by atoms with Crippen LogP contribution in [0.2, 0.25) is 9.79 Å². The molecule has 67 heavy (non-hydrogen) atoms. The van der Waals surface area contributed by atoms with E-state index in [0.717, 1.165) is 84.6 Å². The molecule has 0 aromatic heterocycles. The first-order valence-electron chi connectivity index (χ1n) is 29.1. The zero-order valence-corrected chi connectivity index (χ0v) is 46.7. The van der Waals surface area contributed by atoms with Crippen molar-refractivity contribution in [1.29, 1.82) is 0 Å². The van der Waals surface area contributed by atoms with E-state index in [1.807, 2.05) is 0 Å². The molecule has 0 saturated carbocycles. The second kappa shape index (κ2) is 43.7. The fraction of sp³-hybridized carbons (Fsp3) is 0.719. The van der Waals surface area contributed by atoms with E-state index in [1.165, 1.54) is 237 Å². The Kier molecular flexibility index (Phi) is 39.7. The average Bonchev–Trinajstić information content (AvgIpc) is 3.62. The summed E-state index contributed by atoms with van der Waals surface area (Å²) in [6, 6.07) is 18.0. The van der Waals surface area contributed by atoms with Gasteiger partial charge in [0.15, 0.2) is 0 Å². The number of rotatable bonds is 41. The van der Waals surface area contributed by atoms with Crippen molar-refractivity contribution < 1.29 is 22.7 Å². The van der Waals surface area contributed by atoms with Gasteiger partial charge in [0.1, 0.15) is 5.57 Å². The van der Waals surface area contributed by atoms with Crippen LogP contribution in [0.1, 0.15) is 295 Å². The standard InChI is InChI=1S/C60H96N2.2C2H5.Pd/c1-5-9-13-15-17-18-19-20-21-22-23-24-25-26-27-28-29-30-31-32-33-34-36-40-50-58-57(49-39-35-16-14-10-6-2)59(55-47-41-45-53(51-55)43-37-11-7-3)62(61)60(58)56-48-42-46-54(52-56)44-38-12-8-4;2*1-2;/h41-42,45-48,51-52H,5-39,43-44,49H2,1-4H3;2*1H2,2H3;. The Morgan fingerprint density at radius 2 is 0.746 bits per heavy atom. The molecular formula is C64H106N2Pd. The summed E-state index contributed by atoms with van der Waals surface area (Å²) >= 11 is 1.04. The Balaban J connectivity index is 0.00000292. The van der Waals surface area contributed by atoms with Crippen molar-refractivity contribution in [3.05, 3.63) is 87.5 Å². The van der Waals surface area contributed by atoms with Crippen molar-refractivity contribution in [2.24, 2.45) is 0 Å². The summed E-state index contributed by atoms with van der Waals surface area (Å²) in [5, 5.41) is 0. The van der Waals surface area contributed by atoms with Crippen LogP contribution in [-0.4, -0.2) is 4.70 Å². The molecule has 0 unspecified atom stereocenters. The number of allylic oxidation sites excluding steroid dienone is 2. The third-order valence-corrected chi connectivity index (χ3v) is 15.3. The monoisotopic (exact) mass is 1010 g/mol. The minimum atomic E-state index is 0.885. The summed E-state index contributed by atoms with van der Waals surface area (Å²) in [7, 11) is 0.